The van der Waals surface area contributed by atoms with E-state index in [4.69, 9.17) is 4.74 Å². The molecule has 5 heteroatoms. The fourth-order valence-corrected chi connectivity index (χ4v) is 4.83. The van der Waals surface area contributed by atoms with Gasteiger partial charge in [0.1, 0.15) is 5.75 Å². The molecule has 1 heterocycles. The zero-order chi connectivity index (χ0) is 22.0. The zero-order valence-corrected chi connectivity index (χ0v) is 18.4. The van der Waals surface area contributed by atoms with Crippen LogP contribution in [-0.4, -0.2) is 22.8 Å². The van der Waals surface area contributed by atoms with Crippen molar-refractivity contribution in [1.82, 2.24) is 9.88 Å². The number of carboxylic acid groups (broad SMARTS) is 1. The van der Waals surface area contributed by atoms with Gasteiger partial charge in [-0.2, -0.15) is 0 Å². The third-order valence-corrected chi connectivity index (χ3v) is 6.49. The number of aromatic nitrogens is 1. The standard InChI is InChI=1S/C26H30N2O3/c1-17-23(15-27-24-13-7-10-20-9-4-5-12-22(20)24)25(26(29)30)18(2)28(17)16-19-8-6-11-21(14-19)31-3/h4-6,8-9,11-12,14,24,27H,7,10,13,15-16H2,1-3H3,(H,29,30)/t24-/m1/s1. The highest BCUT2D eigenvalue weighted by Gasteiger charge is 2.25. The van der Waals surface area contributed by atoms with Gasteiger partial charge >= 0.3 is 5.97 Å². The molecule has 3 aromatic rings. The van der Waals surface area contributed by atoms with Gasteiger partial charge in [-0.15, -0.1) is 0 Å². The van der Waals surface area contributed by atoms with Gasteiger partial charge < -0.3 is 19.7 Å². The molecular weight excluding hydrogens is 388 g/mol. The van der Waals surface area contributed by atoms with Crippen molar-refractivity contribution in [2.45, 2.75) is 52.2 Å². The second-order valence-corrected chi connectivity index (χ2v) is 8.29. The maximum absolute atomic E-state index is 12.1. The third kappa shape index (κ3) is 4.23. The largest absolute Gasteiger partial charge is 0.497 e. The van der Waals surface area contributed by atoms with Gasteiger partial charge in [0, 0.05) is 36.1 Å². The van der Waals surface area contributed by atoms with E-state index < -0.39 is 5.97 Å². The minimum atomic E-state index is -0.870. The molecule has 0 unspecified atom stereocenters. The minimum Gasteiger partial charge on any atom is -0.497 e. The SMILES string of the molecule is COc1cccc(Cn2c(C)c(CN[C@@H]3CCCc4ccccc43)c(C(=O)O)c2C)c1. The Kier molecular flexibility index (Phi) is 6.14. The molecule has 1 aromatic heterocycles. The fraction of sp³-hybridized carbons (Fsp3) is 0.346. The summed E-state index contributed by atoms with van der Waals surface area (Å²) in [5.41, 5.74) is 6.89. The molecule has 162 valence electrons. The monoisotopic (exact) mass is 418 g/mol. The Labute approximate surface area is 183 Å². The Morgan fingerprint density at radius 3 is 2.74 bits per heavy atom. The average molecular weight is 419 g/mol. The van der Waals surface area contributed by atoms with Gasteiger partial charge in [0.05, 0.1) is 12.7 Å². The van der Waals surface area contributed by atoms with Crippen LogP contribution in [0.25, 0.3) is 0 Å². The Morgan fingerprint density at radius 2 is 1.97 bits per heavy atom. The predicted octanol–water partition coefficient (Wildman–Crippen LogP) is 5.03. The van der Waals surface area contributed by atoms with Crippen molar-refractivity contribution in [2.75, 3.05) is 7.11 Å². The molecular formula is C26H30N2O3. The minimum absolute atomic E-state index is 0.257. The molecule has 2 N–H and O–H groups in total. The van der Waals surface area contributed by atoms with E-state index in [1.807, 2.05) is 38.1 Å². The molecule has 5 nitrogen and oxygen atoms in total. The van der Waals surface area contributed by atoms with Gasteiger partial charge in [0.15, 0.2) is 0 Å². The number of benzene rings is 2. The molecule has 0 amide bonds. The summed E-state index contributed by atoms with van der Waals surface area (Å²) >= 11 is 0. The van der Waals surface area contributed by atoms with Crippen molar-refractivity contribution < 1.29 is 14.6 Å². The van der Waals surface area contributed by atoms with Crippen LogP contribution < -0.4 is 10.1 Å². The van der Waals surface area contributed by atoms with Crippen LogP contribution in [-0.2, 0) is 19.5 Å². The van der Waals surface area contributed by atoms with Crippen molar-refractivity contribution >= 4 is 5.97 Å². The maximum atomic E-state index is 12.1. The first kappa shape index (κ1) is 21.2. The van der Waals surface area contributed by atoms with Gasteiger partial charge in [-0.1, -0.05) is 36.4 Å². The molecule has 1 atom stereocenters. The summed E-state index contributed by atoms with van der Waals surface area (Å²) in [6.45, 7) is 5.07. The number of rotatable bonds is 7. The van der Waals surface area contributed by atoms with Crippen molar-refractivity contribution in [3.63, 3.8) is 0 Å². The van der Waals surface area contributed by atoms with E-state index in [0.29, 0.717) is 18.7 Å². The number of methoxy groups -OCH3 is 1. The molecule has 0 spiro atoms. The lowest BCUT2D eigenvalue weighted by molar-refractivity contribution is 0.0694. The van der Waals surface area contributed by atoms with E-state index >= 15 is 0 Å². The van der Waals surface area contributed by atoms with Gasteiger partial charge in [-0.25, -0.2) is 4.79 Å². The molecule has 0 radical (unpaired) electrons. The number of aryl methyl sites for hydroxylation is 1. The molecule has 0 fully saturated rings. The third-order valence-electron chi connectivity index (χ3n) is 6.49. The lowest BCUT2D eigenvalue weighted by Crippen LogP contribution is -2.25. The van der Waals surface area contributed by atoms with E-state index in [2.05, 4.69) is 34.1 Å². The van der Waals surface area contributed by atoms with E-state index in [-0.39, 0.29) is 6.04 Å². The fourth-order valence-electron chi connectivity index (χ4n) is 4.83. The normalized spacial score (nSPS) is 15.5. The first-order chi connectivity index (χ1) is 15.0. The first-order valence-corrected chi connectivity index (χ1v) is 10.9. The van der Waals surface area contributed by atoms with Crippen LogP contribution in [0.15, 0.2) is 48.5 Å². The highest BCUT2D eigenvalue weighted by atomic mass is 16.5. The van der Waals surface area contributed by atoms with E-state index in [1.54, 1.807) is 7.11 Å². The van der Waals surface area contributed by atoms with Gasteiger partial charge in [-0.3, -0.25) is 0 Å². The Morgan fingerprint density at radius 1 is 1.16 bits per heavy atom. The number of carbonyl (C=O) groups is 1. The molecule has 2 aromatic carbocycles. The van der Waals surface area contributed by atoms with Crippen LogP contribution in [0.3, 0.4) is 0 Å². The smallest absolute Gasteiger partial charge is 0.337 e. The number of aromatic carboxylic acids is 1. The van der Waals surface area contributed by atoms with Crippen LogP contribution in [0, 0.1) is 13.8 Å². The average Bonchev–Trinajstić information content (AvgIpc) is 3.02. The quantitative estimate of drug-likeness (QED) is 0.565. The first-order valence-electron chi connectivity index (χ1n) is 10.9. The van der Waals surface area contributed by atoms with Crippen LogP contribution >= 0.6 is 0 Å². The number of nitrogens with zero attached hydrogens (tertiary/aromatic N) is 1. The summed E-state index contributed by atoms with van der Waals surface area (Å²) in [6.07, 6.45) is 3.33. The number of ether oxygens (including phenoxy) is 1. The number of hydrogen-bond acceptors (Lipinski definition) is 3. The Hall–Kier alpha value is -3.05. The van der Waals surface area contributed by atoms with Crippen molar-refractivity contribution in [1.29, 1.82) is 0 Å². The summed E-state index contributed by atoms with van der Waals surface area (Å²) in [4.78, 5) is 12.1. The maximum Gasteiger partial charge on any atom is 0.337 e. The second-order valence-electron chi connectivity index (χ2n) is 8.29. The molecule has 0 saturated heterocycles. The predicted molar refractivity (Wildman–Crippen MR) is 122 cm³/mol. The molecule has 0 saturated carbocycles. The van der Waals surface area contributed by atoms with E-state index in [9.17, 15) is 9.90 Å². The van der Waals surface area contributed by atoms with E-state index in [0.717, 1.165) is 47.5 Å². The van der Waals surface area contributed by atoms with Crippen LogP contribution in [0.2, 0.25) is 0 Å². The Balaban J connectivity index is 1.62. The number of fused-ring (bicyclic) bond motifs is 1. The van der Waals surface area contributed by atoms with Gasteiger partial charge in [0.25, 0.3) is 0 Å². The summed E-state index contributed by atoms with van der Waals surface area (Å²) < 4.78 is 7.44. The van der Waals surface area contributed by atoms with Gasteiger partial charge in [-0.05, 0) is 61.9 Å². The van der Waals surface area contributed by atoms with Crippen LogP contribution in [0.1, 0.15) is 62.9 Å². The highest BCUT2D eigenvalue weighted by Crippen LogP contribution is 2.31. The number of carboxylic acids is 1. The highest BCUT2D eigenvalue weighted by molar-refractivity contribution is 5.91. The lowest BCUT2D eigenvalue weighted by atomic mass is 9.87. The second kappa shape index (κ2) is 8.98. The van der Waals surface area contributed by atoms with Gasteiger partial charge in [0.2, 0.25) is 0 Å². The Bertz CT molecular complexity index is 1100. The zero-order valence-electron chi connectivity index (χ0n) is 18.4. The summed E-state index contributed by atoms with van der Waals surface area (Å²) in [5, 5.41) is 13.6. The summed E-state index contributed by atoms with van der Waals surface area (Å²) in [7, 11) is 1.65. The van der Waals surface area contributed by atoms with Crippen molar-refractivity contribution in [3.8, 4) is 5.75 Å². The van der Waals surface area contributed by atoms with Crippen LogP contribution in [0.5, 0.6) is 5.75 Å². The molecule has 0 bridgehead atoms. The van der Waals surface area contributed by atoms with Crippen molar-refractivity contribution in [3.05, 3.63) is 87.7 Å². The lowest BCUT2D eigenvalue weighted by Gasteiger charge is -2.26. The van der Waals surface area contributed by atoms with Crippen LogP contribution in [0.4, 0.5) is 0 Å². The van der Waals surface area contributed by atoms with Crippen molar-refractivity contribution in [2.24, 2.45) is 0 Å². The number of nitrogens with one attached hydrogen (secondary N) is 1. The number of hydrogen-bond donors (Lipinski definition) is 2. The molecule has 31 heavy (non-hydrogen) atoms. The molecule has 0 aliphatic heterocycles. The topological polar surface area (TPSA) is 63.5 Å². The molecule has 4 rings (SSSR count). The van der Waals surface area contributed by atoms with E-state index in [1.165, 1.54) is 11.1 Å². The summed E-state index contributed by atoms with van der Waals surface area (Å²) in [5.74, 6) is -0.0675. The molecule has 1 aliphatic carbocycles. The molecule has 1 aliphatic rings. The summed E-state index contributed by atoms with van der Waals surface area (Å²) in [6, 6.07) is 16.7.